The third-order valence-corrected chi connectivity index (χ3v) is 6.36. The van der Waals surface area contributed by atoms with Crippen molar-refractivity contribution in [2.45, 2.75) is 38.2 Å². The second-order valence-corrected chi connectivity index (χ2v) is 9.76. The van der Waals surface area contributed by atoms with Crippen molar-refractivity contribution >= 4 is 28.8 Å². The fourth-order valence-corrected chi connectivity index (χ4v) is 4.87. The zero-order chi connectivity index (χ0) is 24.5. The summed E-state index contributed by atoms with van der Waals surface area (Å²) in [4.78, 5) is 25.5. The molecule has 3 aromatic heterocycles. The van der Waals surface area contributed by atoms with Gasteiger partial charge in [-0.05, 0) is 37.3 Å². The van der Waals surface area contributed by atoms with Crippen molar-refractivity contribution in [1.82, 2.24) is 24.8 Å². The third kappa shape index (κ3) is 5.54. The van der Waals surface area contributed by atoms with Crippen LogP contribution in [0.15, 0.2) is 24.4 Å². The number of aromatic nitrogens is 4. The van der Waals surface area contributed by atoms with E-state index in [2.05, 4.69) is 20.3 Å². The summed E-state index contributed by atoms with van der Waals surface area (Å²) < 4.78 is 52.1. The van der Waals surface area contributed by atoms with Crippen LogP contribution in [0, 0.1) is 5.82 Å². The molecule has 1 N–H and O–H groups in total. The molecule has 4 rings (SSSR count). The standard InChI is InChI=1S/C22H24F3N5O3S/c1-21(6-8-34-9-7-21)29-19(31)18-27-14-4-5-16(28-17(14)30(18)3)33-20-15(10-13(23)11-26-20)32-12-22(2,24)25/h4-5,10-11H,6-9,12H2,1-3H3,(H,29,31). The first-order valence-electron chi connectivity index (χ1n) is 10.6. The van der Waals surface area contributed by atoms with Crippen LogP contribution in [0.3, 0.4) is 0 Å². The van der Waals surface area contributed by atoms with E-state index in [0.29, 0.717) is 18.1 Å². The number of imidazole rings is 1. The van der Waals surface area contributed by atoms with E-state index in [1.54, 1.807) is 17.7 Å². The largest absolute Gasteiger partial charge is 0.482 e. The van der Waals surface area contributed by atoms with Crippen molar-refractivity contribution in [3.05, 3.63) is 36.0 Å². The van der Waals surface area contributed by atoms with Gasteiger partial charge in [-0.1, -0.05) is 0 Å². The second-order valence-electron chi connectivity index (χ2n) is 8.53. The van der Waals surface area contributed by atoms with Crippen LogP contribution < -0.4 is 14.8 Å². The lowest BCUT2D eigenvalue weighted by atomic mass is 9.95. The maximum atomic E-state index is 13.6. The lowest BCUT2D eigenvalue weighted by Crippen LogP contribution is -2.48. The number of fused-ring (bicyclic) bond motifs is 1. The van der Waals surface area contributed by atoms with Crippen LogP contribution in [0.4, 0.5) is 13.2 Å². The van der Waals surface area contributed by atoms with Gasteiger partial charge in [-0.15, -0.1) is 0 Å². The molecule has 34 heavy (non-hydrogen) atoms. The number of alkyl halides is 2. The number of amides is 1. The fourth-order valence-electron chi connectivity index (χ4n) is 3.48. The van der Waals surface area contributed by atoms with Crippen molar-refractivity contribution in [1.29, 1.82) is 0 Å². The van der Waals surface area contributed by atoms with Crippen molar-refractivity contribution in [2.75, 3.05) is 18.1 Å². The molecule has 4 heterocycles. The van der Waals surface area contributed by atoms with Gasteiger partial charge in [0.25, 0.3) is 17.7 Å². The Bertz CT molecular complexity index is 1210. The minimum absolute atomic E-state index is 0.0472. The van der Waals surface area contributed by atoms with E-state index in [1.165, 1.54) is 6.07 Å². The van der Waals surface area contributed by atoms with Gasteiger partial charge in [0.05, 0.1) is 6.20 Å². The Hall–Kier alpha value is -3.02. The molecule has 0 bridgehead atoms. The minimum Gasteiger partial charge on any atom is -0.482 e. The van der Waals surface area contributed by atoms with Gasteiger partial charge in [-0.2, -0.15) is 16.7 Å². The average molecular weight is 496 g/mol. The number of rotatable bonds is 7. The van der Waals surface area contributed by atoms with E-state index in [0.717, 1.165) is 36.6 Å². The highest BCUT2D eigenvalue weighted by atomic mass is 32.2. The second kappa shape index (κ2) is 9.32. The highest BCUT2D eigenvalue weighted by Crippen LogP contribution is 2.31. The van der Waals surface area contributed by atoms with E-state index < -0.39 is 18.3 Å². The number of carbonyl (C=O) groups excluding carboxylic acids is 1. The number of thioether (sulfide) groups is 1. The highest BCUT2D eigenvalue weighted by molar-refractivity contribution is 7.99. The lowest BCUT2D eigenvalue weighted by Gasteiger charge is -2.34. The average Bonchev–Trinajstić information content (AvgIpc) is 3.10. The van der Waals surface area contributed by atoms with E-state index in [9.17, 15) is 18.0 Å². The smallest absolute Gasteiger partial charge is 0.287 e. The number of aryl methyl sites for hydroxylation is 1. The summed E-state index contributed by atoms with van der Waals surface area (Å²) in [6.07, 6.45) is 2.63. The van der Waals surface area contributed by atoms with Gasteiger partial charge in [0, 0.05) is 31.6 Å². The summed E-state index contributed by atoms with van der Waals surface area (Å²) >= 11 is 1.87. The predicted molar refractivity (Wildman–Crippen MR) is 121 cm³/mol. The van der Waals surface area contributed by atoms with Gasteiger partial charge in [0.15, 0.2) is 18.0 Å². The van der Waals surface area contributed by atoms with E-state index in [-0.39, 0.29) is 34.8 Å². The summed E-state index contributed by atoms with van der Waals surface area (Å²) in [5, 5.41) is 3.09. The van der Waals surface area contributed by atoms with Gasteiger partial charge in [-0.25, -0.2) is 23.1 Å². The van der Waals surface area contributed by atoms with Crippen LogP contribution in [-0.2, 0) is 7.05 Å². The molecular weight excluding hydrogens is 471 g/mol. The molecule has 182 valence electrons. The molecular formula is C22H24F3N5O3S. The van der Waals surface area contributed by atoms with Crippen LogP contribution in [0.1, 0.15) is 37.3 Å². The van der Waals surface area contributed by atoms with Gasteiger partial charge < -0.3 is 19.4 Å². The Kier molecular flexibility index (Phi) is 6.61. The van der Waals surface area contributed by atoms with Crippen molar-refractivity contribution < 1.29 is 27.4 Å². The molecule has 0 unspecified atom stereocenters. The summed E-state index contributed by atoms with van der Waals surface area (Å²) in [6, 6.07) is 4.00. The highest BCUT2D eigenvalue weighted by Gasteiger charge is 2.31. The Morgan fingerprint density at radius 3 is 2.74 bits per heavy atom. The van der Waals surface area contributed by atoms with Crippen LogP contribution in [0.25, 0.3) is 11.2 Å². The Labute approximate surface area is 198 Å². The predicted octanol–water partition coefficient (Wildman–Crippen LogP) is 4.34. The number of nitrogens with one attached hydrogen (secondary N) is 1. The Morgan fingerprint density at radius 2 is 2.03 bits per heavy atom. The SMILES string of the molecule is Cn1c(C(=O)NC2(C)CCSCC2)nc2ccc(Oc3ncc(F)cc3OCC(C)(F)F)nc21. The zero-order valence-electron chi connectivity index (χ0n) is 18.9. The minimum atomic E-state index is -3.13. The molecule has 0 saturated carbocycles. The third-order valence-electron chi connectivity index (χ3n) is 5.37. The van der Waals surface area contributed by atoms with Crippen LogP contribution in [-0.4, -0.2) is 55.0 Å². The number of halogens is 3. The van der Waals surface area contributed by atoms with Crippen LogP contribution >= 0.6 is 11.8 Å². The molecule has 1 aliphatic rings. The van der Waals surface area contributed by atoms with E-state index >= 15 is 0 Å². The van der Waals surface area contributed by atoms with Gasteiger partial charge in [-0.3, -0.25) is 4.79 Å². The number of ether oxygens (including phenoxy) is 2. The number of nitrogens with zero attached hydrogens (tertiary/aromatic N) is 4. The quantitative estimate of drug-likeness (QED) is 0.521. The maximum absolute atomic E-state index is 13.6. The summed E-state index contributed by atoms with van der Waals surface area (Å²) in [5.41, 5.74) is 0.553. The monoisotopic (exact) mass is 495 g/mol. The summed E-state index contributed by atoms with van der Waals surface area (Å²) in [5.74, 6) is -2.47. The van der Waals surface area contributed by atoms with E-state index in [4.69, 9.17) is 9.47 Å². The number of pyridine rings is 2. The molecule has 3 aromatic rings. The number of hydrogen-bond donors (Lipinski definition) is 1. The maximum Gasteiger partial charge on any atom is 0.287 e. The molecule has 8 nitrogen and oxygen atoms in total. The molecule has 0 spiro atoms. The number of carbonyl (C=O) groups is 1. The first-order valence-corrected chi connectivity index (χ1v) is 11.8. The fraction of sp³-hybridized carbons (Fsp3) is 0.455. The van der Waals surface area contributed by atoms with Crippen molar-refractivity contribution in [2.24, 2.45) is 7.05 Å². The number of hydrogen-bond acceptors (Lipinski definition) is 7. The zero-order valence-corrected chi connectivity index (χ0v) is 19.7. The molecule has 12 heteroatoms. The molecule has 0 aromatic carbocycles. The molecule has 1 aliphatic heterocycles. The molecule has 1 amide bonds. The van der Waals surface area contributed by atoms with Crippen molar-refractivity contribution in [3.63, 3.8) is 0 Å². The molecule has 1 fully saturated rings. The topological polar surface area (TPSA) is 91.2 Å². The van der Waals surface area contributed by atoms with Gasteiger partial charge in [0.1, 0.15) is 11.3 Å². The molecule has 0 radical (unpaired) electrons. The molecule has 0 atom stereocenters. The lowest BCUT2D eigenvalue weighted by molar-refractivity contribution is -0.0236. The first-order chi connectivity index (χ1) is 16.0. The van der Waals surface area contributed by atoms with Gasteiger partial charge >= 0.3 is 0 Å². The van der Waals surface area contributed by atoms with E-state index in [1.807, 2.05) is 18.7 Å². The van der Waals surface area contributed by atoms with Crippen molar-refractivity contribution in [3.8, 4) is 17.5 Å². The summed E-state index contributed by atoms with van der Waals surface area (Å²) in [6.45, 7) is 1.74. The normalized spacial score (nSPS) is 15.8. The Balaban J connectivity index is 1.57. The first kappa shape index (κ1) is 24.1. The van der Waals surface area contributed by atoms with Gasteiger partial charge in [0.2, 0.25) is 11.7 Å². The Morgan fingerprint density at radius 1 is 1.29 bits per heavy atom. The van der Waals surface area contributed by atoms with Crippen LogP contribution in [0.2, 0.25) is 0 Å². The van der Waals surface area contributed by atoms with Crippen LogP contribution in [0.5, 0.6) is 17.5 Å². The summed E-state index contributed by atoms with van der Waals surface area (Å²) in [7, 11) is 1.66. The molecule has 1 saturated heterocycles. The molecule has 0 aliphatic carbocycles.